The van der Waals surface area contributed by atoms with E-state index in [0.29, 0.717) is 0 Å². The number of aliphatic imine (C=N–C) groups is 1. The van der Waals surface area contributed by atoms with Crippen LogP contribution >= 0.6 is 27.7 Å². The van der Waals surface area contributed by atoms with E-state index in [4.69, 9.17) is 0 Å². The molecule has 11 heavy (non-hydrogen) atoms. The first kappa shape index (κ1) is 11.0. The van der Waals surface area contributed by atoms with Crippen LogP contribution in [0.15, 0.2) is 28.2 Å². The van der Waals surface area contributed by atoms with E-state index in [-0.39, 0.29) is 0 Å². The summed E-state index contributed by atoms with van der Waals surface area (Å²) < 4.78 is 0. The van der Waals surface area contributed by atoms with Crippen molar-refractivity contribution < 1.29 is 0 Å². The van der Waals surface area contributed by atoms with Crippen molar-refractivity contribution in [2.24, 2.45) is 4.99 Å². The van der Waals surface area contributed by atoms with Crippen LogP contribution in [-0.4, -0.2) is 17.8 Å². The third kappa shape index (κ3) is 5.27. The van der Waals surface area contributed by atoms with Crippen LogP contribution < -0.4 is 0 Å². The van der Waals surface area contributed by atoms with Crippen molar-refractivity contribution >= 4 is 33.9 Å². The van der Waals surface area contributed by atoms with Crippen molar-refractivity contribution in [1.82, 2.24) is 0 Å². The molecule has 62 valence electrons. The fourth-order valence-electron chi connectivity index (χ4n) is 0.394. The van der Waals surface area contributed by atoms with Gasteiger partial charge in [0.05, 0.1) is 5.03 Å². The Bertz CT molecular complexity index is 185. The number of thioether (sulfide) groups is 1. The monoisotopic (exact) mass is 233 g/mol. The number of halogens is 1. The molecule has 1 nitrogen and oxygen atoms in total. The van der Waals surface area contributed by atoms with Gasteiger partial charge in [-0.1, -0.05) is 28.6 Å². The molecule has 0 aromatic heterocycles. The van der Waals surface area contributed by atoms with Gasteiger partial charge in [-0.2, -0.15) is 0 Å². The van der Waals surface area contributed by atoms with E-state index in [9.17, 15) is 0 Å². The molecule has 0 aliphatic rings. The molecule has 0 bridgehead atoms. The minimum atomic E-state index is 0.838. The summed E-state index contributed by atoms with van der Waals surface area (Å²) in [6, 6.07) is 0. The summed E-state index contributed by atoms with van der Waals surface area (Å²) in [7, 11) is 0. The fraction of sp³-hybridized carbons (Fsp3) is 0.375. The van der Waals surface area contributed by atoms with Crippen LogP contribution in [0.2, 0.25) is 0 Å². The average Bonchev–Trinajstić information content (AvgIpc) is 2.06. The van der Waals surface area contributed by atoms with Crippen LogP contribution in [0.3, 0.4) is 0 Å². The lowest BCUT2D eigenvalue weighted by Crippen LogP contribution is -1.84. The molecule has 0 aromatic rings. The molecule has 0 spiro atoms. The second-order valence-corrected chi connectivity index (χ2v) is 3.29. The maximum atomic E-state index is 4.13. The Morgan fingerprint density at radius 3 is 2.73 bits per heavy atom. The highest BCUT2D eigenvalue weighted by Crippen LogP contribution is 2.09. The minimum Gasteiger partial charge on any atom is -0.250 e. The molecule has 3 heteroatoms. The normalized spacial score (nSPS) is 12.5. The van der Waals surface area contributed by atoms with Gasteiger partial charge >= 0.3 is 0 Å². The summed E-state index contributed by atoms with van der Waals surface area (Å²) in [5.41, 5.74) is 1.17. The second kappa shape index (κ2) is 6.68. The van der Waals surface area contributed by atoms with E-state index in [1.165, 1.54) is 5.57 Å². The zero-order chi connectivity index (χ0) is 8.69. The summed E-state index contributed by atoms with van der Waals surface area (Å²) in [5, 5.41) is 1.68. The number of hydrogen-bond acceptors (Lipinski definition) is 2. The molecule has 0 aliphatic carbocycles. The maximum Gasteiger partial charge on any atom is 0.0885 e. The first-order valence-electron chi connectivity index (χ1n) is 3.22. The Hall–Kier alpha value is -0.0200. The van der Waals surface area contributed by atoms with Crippen molar-refractivity contribution in [2.75, 3.05) is 11.6 Å². The van der Waals surface area contributed by atoms with E-state index in [0.717, 1.165) is 10.4 Å². The van der Waals surface area contributed by atoms with E-state index >= 15 is 0 Å². The van der Waals surface area contributed by atoms with Crippen LogP contribution in [0, 0.1) is 0 Å². The lowest BCUT2D eigenvalue weighted by atomic mass is 10.3. The van der Waals surface area contributed by atoms with Gasteiger partial charge in [-0.3, -0.25) is 4.99 Å². The van der Waals surface area contributed by atoms with Gasteiger partial charge in [0, 0.05) is 11.5 Å². The molecule has 0 rings (SSSR count). The minimum absolute atomic E-state index is 0.838. The number of alkyl halides is 1. The van der Waals surface area contributed by atoms with Crippen LogP contribution in [0.5, 0.6) is 0 Å². The van der Waals surface area contributed by atoms with Gasteiger partial charge in [0.25, 0.3) is 0 Å². The Labute approximate surface area is 80.8 Å². The lowest BCUT2D eigenvalue weighted by molar-refractivity contribution is 1.51. The molecule has 0 atom stereocenters. The maximum absolute atomic E-state index is 4.13. The molecule has 0 aliphatic heterocycles. The molecule has 0 amide bonds. The molecule has 0 heterocycles. The SMILES string of the molecule is C=C(N=C/C(=C\C)CBr)SC. The van der Waals surface area contributed by atoms with Crippen molar-refractivity contribution in [2.45, 2.75) is 6.92 Å². The van der Waals surface area contributed by atoms with Crippen LogP contribution in [0.25, 0.3) is 0 Å². The fourth-order valence-corrected chi connectivity index (χ4v) is 1.02. The van der Waals surface area contributed by atoms with Gasteiger partial charge < -0.3 is 0 Å². The highest BCUT2D eigenvalue weighted by atomic mass is 79.9. The highest BCUT2D eigenvalue weighted by Gasteiger charge is 1.87. The number of nitrogens with zero attached hydrogens (tertiary/aromatic N) is 1. The zero-order valence-corrected chi connectivity index (χ0v) is 9.20. The number of hydrogen-bond donors (Lipinski definition) is 0. The van der Waals surface area contributed by atoms with Crippen molar-refractivity contribution in [1.29, 1.82) is 0 Å². The van der Waals surface area contributed by atoms with Crippen LogP contribution in [0.4, 0.5) is 0 Å². The standard InChI is InChI=1S/C8H12BrNS/c1-4-8(5-9)6-10-7(2)11-3/h4,6H,2,5H2,1,3H3/b8-4-,10-6?. The molecule has 0 radical (unpaired) electrons. The van der Waals surface area contributed by atoms with E-state index < -0.39 is 0 Å². The highest BCUT2D eigenvalue weighted by molar-refractivity contribution is 9.09. The lowest BCUT2D eigenvalue weighted by Gasteiger charge is -1.93. The van der Waals surface area contributed by atoms with E-state index in [1.807, 2.05) is 25.5 Å². The van der Waals surface area contributed by atoms with Gasteiger partial charge in [-0.25, -0.2) is 0 Å². The molecule has 0 unspecified atom stereocenters. The Kier molecular flexibility index (Phi) is 6.66. The third-order valence-corrected chi connectivity index (χ3v) is 2.36. The van der Waals surface area contributed by atoms with Gasteiger partial charge in [0.1, 0.15) is 0 Å². The zero-order valence-electron chi connectivity index (χ0n) is 6.80. The molecule has 0 fully saturated rings. The van der Waals surface area contributed by atoms with Crippen molar-refractivity contribution in [3.8, 4) is 0 Å². The Balaban J connectivity index is 4.00. The second-order valence-electron chi connectivity index (χ2n) is 1.85. The first-order valence-corrected chi connectivity index (χ1v) is 5.57. The topological polar surface area (TPSA) is 12.4 Å². The number of rotatable bonds is 4. The summed E-state index contributed by atoms with van der Waals surface area (Å²) in [4.78, 5) is 4.13. The molecule has 0 saturated carbocycles. The van der Waals surface area contributed by atoms with E-state index in [2.05, 4.69) is 27.5 Å². The van der Waals surface area contributed by atoms with Gasteiger partial charge in [-0.05, 0) is 18.8 Å². The smallest absolute Gasteiger partial charge is 0.0885 e. The Morgan fingerprint density at radius 1 is 1.73 bits per heavy atom. The van der Waals surface area contributed by atoms with Gasteiger partial charge in [-0.15, -0.1) is 11.8 Å². The first-order chi connectivity index (χ1) is 5.24. The summed E-state index contributed by atoms with van der Waals surface area (Å²) in [6.45, 7) is 5.73. The predicted molar refractivity (Wildman–Crippen MR) is 58.7 cm³/mol. The molecule has 0 aromatic carbocycles. The molecular formula is C8H12BrNS. The molecular weight excluding hydrogens is 222 g/mol. The van der Waals surface area contributed by atoms with Gasteiger partial charge in [0.15, 0.2) is 0 Å². The Morgan fingerprint density at radius 2 is 2.36 bits per heavy atom. The van der Waals surface area contributed by atoms with Crippen LogP contribution in [0.1, 0.15) is 6.92 Å². The van der Waals surface area contributed by atoms with Crippen molar-refractivity contribution in [3.05, 3.63) is 23.3 Å². The van der Waals surface area contributed by atoms with Crippen LogP contribution in [-0.2, 0) is 0 Å². The summed E-state index contributed by atoms with van der Waals surface area (Å²) in [5.74, 6) is 0. The van der Waals surface area contributed by atoms with Crippen molar-refractivity contribution in [3.63, 3.8) is 0 Å². The predicted octanol–water partition coefficient (Wildman–Crippen LogP) is 3.23. The average molecular weight is 234 g/mol. The molecule has 0 N–H and O–H groups in total. The quantitative estimate of drug-likeness (QED) is 0.537. The molecule has 0 saturated heterocycles. The summed E-state index contributed by atoms with van der Waals surface area (Å²) in [6.07, 6.45) is 5.81. The summed E-state index contributed by atoms with van der Waals surface area (Å²) >= 11 is 4.90. The third-order valence-electron chi connectivity index (χ3n) is 1.14. The number of allylic oxidation sites excluding steroid dienone is 2. The van der Waals surface area contributed by atoms with Gasteiger partial charge in [0.2, 0.25) is 0 Å². The largest absolute Gasteiger partial charge is 0.250 e. The van der Waals surface area contributed by atoms with E-state index in [1.54, 1.807) is 11.8 Å².